The summed E-state index contributed by atoms with van der Waals surface area (Å²) in [6, 6.07) is 2.22. The first-order valence-corrected chi connectivity index (χ1v) is 6.79. The summed E-state index contributed by atoms with van der Waals surface area (Å²) in [5, 5.41) is 6.21. The Bertz CT molecular complexity index is 463. The molecule has 1 unspecified atom stereocenters. The van der Waals surface area contributed by atoms with Crippen molar-refractivity contribution in [2.75, 3.05) is 0 Å². The lowest BCUT2D eigenvalue weighted by Gasteiger charge is -2.07. The van der Waals surface area contributed by atoms with Crippen LogP contribution in [0.1, 0.15) is 22.9 Å². The van der Waals surface area contributed by atoms with Crippen molar-refractivity contribution in [1.29, 1.82) is 0 Å². The molecule has 0 aromatic carbocycles. The molecule has 2 heterocycles. The van der Waals surface area contributed by atoms with E-state index in [4.69, 9.17) is 5.73 Å². The molecule has 0 radical (unpaired) electrons. The van der Waals surface area contributed by atoms with Crippen molar-refractivity contribution in [2.24, 2.45) is 12.8 Å². The zero-order chi connectivity index (χ0) is 11.5. The molecule has 2 N–H and O–H groups in total. The van der Waals surface area contributed by atoms with Crippen LogP contribution in [-0.2, 0) is 13.5 Å². The highest BCUT2D eigenvalue weighted by atomic mass is 79.9. The van der Waals surface area contributed by atoms with Gasteiger partial charge in [-0.2, -0.15) is 5.10 Å². The van der Waals surface area contributed by atoms with E-state index in [1.807, 2.05) is 24.1 Å². The van der Waals surface area contributed by atoms with Crippen LogP contribution in [0.15, 0.2) is 28.3 Å². The summed E-state index contributed by atoms with van der Waals surface area (Å²) >= 11 is 5.15. The first kappa shape index (κ1) is 11.8. The quantitative estimate of drug-likeness (QED) is 0.943. The Morgan fingerprint density at radius 3 is 3.00 bits per heavy atom. The topological polar surface area (TPSA) is 43.8 Å². The number of aryl methyl sites for hydroxylation is 2. The van der Waals surface area contributed by atoms with E-state index < -0.39 is 0 Å². The van der Waals surface area contributed by atoms with E-state index in [0.717, 1.165) is 17.3 Å². The van der Waals surface area contributed by atoms with Gasteiger partial charge >= 0.3 is 0 Å². The van der Waals surface area contributed by atoms with E-state index in [9.17, 15) is 0 Å². The van der Waals surface area contributed by atoms with Crippen LogP contribution in [0.5, 0.6) is 0 Å². The van der Waals surface area contributed by atoms with Crippen LogP contribution in [0.2, 0.25) is 0 Å². The molecule has 0 saturated carbocycles. The van der Waals surface area contributed by atoms with Gasteiger partial charge < -0.3 is 5.73 Å². The first-order chi connectivity index (χ1) is 7.65. The van der Waals surface area contributed by atoms with Crippen molar-refractivity contribution >= 4 is 27.3 Å². The maximum atomic E-state index is 6.13. The Labute approximate surface area is 107 Å². The van der Waals surface area contributed by atoms with E-state index in [1.165, 1.54) is 10.4 Å². The minimum atomic E-state index is 0.122. The van der Waals surface area contributed by atoms with Gasteiger partial charge in [0.1, 0.15) is 0 Å². The third-order valence-electron chi connectivity index (χ3n) is 2.46. The molecule has 2 aromatic rings. The van der Waals surface area contributed by atoms with Gasteiger partial charge in [-0.3, -0.25) is 4.68 Å². The van der Waals surface area contributed by atoms with Crippen LogP contribution in [0.3, 0.4) is 0 Å². The highest BCUT2D eigenvalue weighted by molar-refractivity contribution is 9.10. The van der Waals surface area contributed by atoms with Crippen molar-refractivity contribution < 1.29 is 0 Å². The number of nitrogens with two attached hydrogens (primary N) is 1. The molecule has 0 fully saturated rings. The monoisotopic (exact) mass is 299 g/mol. The van der Waals surface area contributed by atoms with Crippen LogP contribution in [0.25, 0.3) is 0 Å². The summed E-state index contributed by atoms with van der Waals surface area (Å²) in [5.74, 6) is 0. The molecule has 0 aliphatic carbocycles. The Morgan fingerprint density at radius 2 is 2.44 bits per heavy atom. The van der Waals surface area contributed by atoms with Gasteiger partial charge in [0.2, 0.25) is 0 Å². The lowest BCUT2D eigenvalue weighted by Crippen LogP contribution is -2.09. The molecule has 2 aromatic heterocycles. The number of hydrogen-bond acceptors (Lipinski definition) is 3. The molecule has 3 nitrogen and oxygen atoms in total. The maximum Gasteiger partial charge on any atom is 0.0521 e. The number of hydrogen-bond donors (Lipinski definition) is 1. The summed E-state index contributed by atoms with van der Waals surface area (Å²) in [6.45, 7) is 0. The summed E-state index contributed by atoms with van der Waals surface area (Å²) < 4.78 is 2.94. The van der Waals surface area contributed by atoms with Gasteiger partial charge in [0.05, 0.1) is 6.20 Å². The van der Waals surface area contributed by atoms with Crippen LogP contribution in [0, 0.1) is 0 Å². The van der Waals surface area contributed by atoms with Gasteiger partial charge in [0.25, 0.3) is 0 Å². The third-order valence-corrected chi connectivity index (χ3v) is 4.28. The van der Waals surface area contributed by atoms with Crippen LogP contribution >= 0.6 is 27.3 Å². The molecule has 0 aliphatic rings. The van der Waals surface area contributed by atoms with Gasteiger partial charge in [-0.15, -0.1) is 11.3 Å². The maximum absolute atomic E-state index is 6.13. The molecule has 0 spiro atoms. The number of halogens is 1. The van der Waals surface area contributed by atoms with Gasteiger partial charge in [0, 0.05) is 34.0 Å². The second kappa shape index (κ2) is 5.12. The minimum Gasteiger partial charge on any atom is -0.323 e. The summed E-state index contributed by atoms with van der Waals surface area (Å²) in [4.78, 5) is 1.23. The average molecular weight is 300 g/mol. The molecule has 2 rings (SSSR count). The molecular formula is C11H14BrN3S. The smallest absolute Gasteiger partial charge is 0.0521 e. The lowest BCUT2D eigenvalue weighted by atomic mass is 10.1. The van der Waals surface area contributed by atoms with Crippen LogP contribution in [0.4, 0.5) is 0 Å². The summed E-state index contributed by atoms with van der Waals surface area (Å²) in [6.07, 6.45) is 5.87. The second-order valence-corrected chi connectivity index (χ2v) is 5.69. The van der Waals surface area contributed by atoms with Crippen molar-refractivity contribution in [3.8, 4) is 0 Å². The van der Waals surface area contributed by atoms with E-state index in [-0.39, 0.29) is 6.04 Å². The number of nitrogens with zero attached hydrogens (tertiary/aromatic N) is 2. The van der Waals surface area contributed by atoms with E-state index >= 15 is 0 Å². The Hall–Kier alpha value is -0.650. The fourth-order valence-electron chi connectivity index (χ4n) is 1.59. The number of aromatic nitrogens is 2. The van der Waals surface area contributed by atoms with E-state index in [0.29, 0.717) is 0 Å². The van der Waals surface area contributed by atoms with Crippen molar-refractivity contribution in [3.05, 3.63) is 38.8 Å². The number of thiophene rings is 1. The predicted octanol–water partition coefficient (Wildman–Crippen LogP) is 2.88. The standard InChI is InChI=1S/C11H14BrN3S/c1-15-6-8(5-14-15)2-3-10(13)11-4-9(12)7-16-11/h4-7,10H,2-3,13H2,1H3. The number of rotatable bonds is 4. The first-order valence-electron chi connectivity index (χ1n) is 5.12. The van der Waals surface area contributed by atoms with Crippen LogP contribution < -0.4 is 5.73 Å². The van der Waals surface area contributed by atoms with Gasteiger partial charge in [-0.1, -0.05) is 0 Å². The molecule has 16 heavy (non-hydrogen) atoms. The Morgan fingerprint density at radius 1 is 1.62 bits per heavy atom. The Balaban J connectivity index is 1.91. The highest BCUT2D eigenvalue weighted by Gasteiger charge is 2.09. The van der Waals surface area contributed by atoms with Crippen molar-refractivity contribution in [2.45, 2.75) is 18.9 Å². The third kappa shape index (κ3) is 2.93. The fourth-order valence-corrected chi connectivity index (χ4v) is 3.07. The highest BCUT2D eigenvalue weighted by Crippen LogP contribution is 2.26. The lowest BCUT2D eigenvalue weighted by molar-refractivity contribution is 0.661. The SMILES string of the molecule is Cn1cc(CCC(N)c2cc(Br)cs2)cn1. The normalized spacial score (nSPS) is 12.9. The van der Waals surface area contributed by atoms with Gasteiger partial charge in [-0.25, -0.2) is 0 Å². The summed E-state index contributed by atoms with van der Waals surface area (Å²) in [7, 11) is 1.93. The molecule has 1 atom stereocenters. The minimum absolute atomic E-state index is 0.122. The molecular weight excluding hydrogens is 286 g/mol. The molecule has 0 aliphatic heterocycles. The fraction of sp³-hybridized carbons (Fsp3) is 0.364. The zero-order valence-corrected chi connectivity index (χ0v) is 11.5. The Kier molecular flexibility index (Phi) is 3.78. The average Bonchev–Trinajstić information content (AvgIpc) is 2.84. The molecule has 5 heteroatoms. The van der Waals surface area contributed by atoms with Crippen molar-refractivity contribution in [3.63, 3.8) is 0 Å². The van der Waals surface area contributed by atoms with Gasteiger partial charge in [-0.05, 0) is 40.4 Å². The summed E-state index contributed by atoms with van der Waals surface area (Å²) in [5.41, 5.74) is 7.37. The van der Waals surface area contributed by atoms with Crippen molar-refractivity contribution in [1.82, 2.24) is 9.78 Å². The van der Waals surface area contributed by atoms with E-state index in [1.54, 1.807) is 11.3 Å². The van der Waals surface area contributed by atoms with Gasteiger partial charge in [0.15, 0.2) is 0 Å². The molecule has 0 saturated heterocycles. The molecule has 0 amide bonds. The largest absolute Gasteiger partial charge is 0.323 e. The van der Waals surface area contributed by atoms with E-state index in [2.05, 4.69) is 32.5 Å². The second-order valence-electron chi connectivity index (χ2n) is 3.83. The molecule has 0 bridgehead atoms. The predicted molar refractivity (Wildman–Crippen MR) is 70.5 cm³/mol. The van der Waals surface area contributed by atoms with Crippen LogP contribution in [-0.4, -0.2) is 9.78 Å². The zero-order valence-electron chi connectivity index (χ0n) is 9.06. The molecule has 86 valence electrons.